The summed E-state index contributed by atoms with van der Waals surface area (Å²) < 4.78 is 0. The van der Waals surface area contributed by atoms with Gasteiger partial charge in [0.1, 0.15) is 0 Å². The molecule has 0 aromatic heterocycles. The van der Waals surface area contributed by atoms with Crippen LogP contribution in [0.5, 0.6) is 0 Å². The van der Waals surface area contributed by atoms with E-state index < -0.39 is 0 Å². The second kappa shape index (κ2) is 5.60. The zero-order valence-electron chi connectivity index (χ0n) is 12.4. The molecule has 3 rings (SSSR count). The summed E-state index contributed by atoms with van der Waals surface area (Å²) in [7, 11) is 0. The molecule has 0 bridgehead atoms. The summed E-state index contributed by atoms with van der Waals surface area (Å²) >= 11 is 0. The van der Waals surface area contributed by atoms with E-state index in [0.29, 0.717) is 12.5 Å². The number of aliphatic imine (C=N–C) groups is 1. The van der Waals surface area contributed by atoms with Crippen molar-refractivity contribution < 1.29 is 0 Å². The summed E-state index contributed by atoms with van der Waals surface area (Å²) in [6.07, 6.45) is 0.913. The summed E-state index contributed by atoms with van der Waals surface area (Å²) in [5.74, 6) is 0.650. The lowest BCUT2D eigenvalue weighted by Gasteiger charge is -2.39. The molecule has 108 valence electrons. The molecule has 0 spiro atoms. The Bertz CT molecular complexity index is 621. The average Bonchev–Trinajstić information content (AvgIpc) is 2.86. The summed E-state index contributed by atoms with van der Waals surface area (Å²) in [5.41, 5.74) is 8.55. The number of benzene rings is 2. The van der Waals surface area contributed by atoms with Crippen LogP contribution < -0.4 is 5.73 Å². The molecular weight excluding hydrogens is 258 g/mol. The van der Waals surface area contributed by atoms with Crippen molar-refractivity contribution in [3.05, 3.63) is 71.8 Å². The van der Waals surface area contributed by atoms with Crippen molar-refractivity contribution in [3.8, 4) is 0 Å². The van der Waals surface area contributed by atoms with Crippen LogP contribution >= 0.6 is 0 Å². The SMILES string of the molecule is CCN1C(N)=NCC1(Cc1ccccc1)c1ccccc1. The highest BCUT2D eigenvalue weighted by Crippen LogP contribution is 2.36. The summed E-state index contributed by atoms with van der Waals surface area (Å²) in [6, 6.07) is 21.2. The Balaban J connectivity index is 2.04. The molecule has 1 aliphatic heterocycles. The van der Waals surface area contributed by atoms with E-state index in [1.807, 2.05) is 0 Å². The largest absolute Gasteiger partial charge is 0.370 e. The maximum Gasteiger partial charge on any atom is 0.192 e. The van der Waals surface area contributed by atoms with Gasteiger partial charge in [-0.1, -0.05) is 60.7 Å². The van der Waals surface area contributed by atoms with E-state index >= 15 is 0 Å². The third-order valence-corrected chi connectivity index (χ3v) is 4.26. The minimum atomic E-state index is -0.165. The van der Waals surface area contributed by atoms with Crippen LogP contribution in [0.4, 0.5) is 0 Å². The van der Waals surface area contributed by atoms with Crippen LogP contribution in [0.15, 0.2) is 65.7 Å². The average molecular weight is 279 g/mol. The number of guanidine groups is 1. The van der Waals surface area contributed by atoms with Crippen LogP contribution in [-0.2, 0) is 12.0 Å². The van der Waals surface area contributed by atoms with Crippen LogP contribution in [0, 0.1) is 0 Å². The molecule has 0 amide bonds. The molecule has 3 heteroatoms. The number of nitrogens with zero attached hydrogens (tertiary/aromatic N) is 2. The van der Waals surface area contributed by atoms with E-state index in [1.165, 1.54) is 11.1 Å². The van der Waals surface area contributed by atoms with Crippen LogP contribution in [0.3, 0.4) is 0 Å². The summed E-state index contributed by atoms with van der Waals surface area (Å²) in [6.45, 7) is 3.71. The topological polar surface area (TPSA) is 41.6 Å². The Hall–Kier alpha value is -2.29. The van der Waals surface area contributed by atoms with Gasteiger partial charge in [0, 0.05) is 13.0 Å². The van der Waals surface area contributed by atoms with E-state index in [9.17, 15) is 0 Å². The molecule has 0 saturated carbocycles. The molecule has 21 heavy (non-hydrogen) atoms. The molecule has 0 aliphatic carbocycles. The zero-order chi connectivity index (χ0) is 14.7. The lowest BCUT2D eigenvalue weighted by atomic mass is 9.83. The molecule has 1 heterocycles. The van der Waals surface area contributed by atoms with Crippen LogP contribution in [0.2, 0.25) is 0 Å². The van der Waals surface area contributed by atoms with Crippen molar-refractivity contribution in [1.29, 1.82) is 0 Å². The zero-order valence-corrected chi connectivity index (χ0v) is 12.4. The van der Waals surface area contributed by atoms with Gasteiger partial charge in [0.2, 0.25) is 0 Å². The molecule has 2 N–H and O–H groups in total. The third-order valence-electron chi connectivity index (χ3n) is 4.26. The lowest BCUT2D eigenvalue weighted by molar-refractivity contribution is 0.208. The first kappa shape index (κ1) is 13.7. The Morgan fingerprint density at radius 1 is 1.05 bits per heavy atom. The highest BCUT2D eigenvalue weighted by Gasteiger charge is 2.42. The molecule has 3 nitrogen and oxygen atoms in total. The second-order valence-electron chi connectivity index (χ2n) is 5.48. The Kier molecular flexibility index (Phi) is 3.65. The molecule has 2 aromatic carbocycles. The number of rotatable bonds is 4. The number of hydrogen-bond acceptors (Lipinski definition) is 3. The predicted molar refractivity (Wildman–Crippen MR) is 87.1 cm³/mol. The highest BCUT2D eigenvalue weighted by atomic mass is 15.4. The Labute approximate surface area is 126 Å². The quantitative estimate of drug-likeness (QED) is 0.935. The van der Waals surface area contributed by atoms with Crippen molar-refractivity contribution in [2.45, 2.75) is 18.9 Å². The van der Waals surface area contributed by atoms with Crippen molar-refractivity contribution in [1.82, 2.24) is 4.90 Å². The lowest BCUT2D eigenvalue weighted by Crippen LogP contribution is -2.50. The van der Waals surface area contributed by atoms with Gasteiger partial charge in [-0.05, 0) is 18.1 Å². The fourth-order valence-electron chi connectivity index (χ4n) is 3.25. The molecule has 0 saturated heterocycles. The molecule has 1 aliphatic rings. The standard InChI is InChI=1S/C18H21N3/c1-2-21-17(19)20-14-18(21,16-11-7-4-8-12-16)13-15-9-5-3-6-10-15/h3-12H,2,13-14H2,1H3,(H2,19,20). The van der Waals surface area contributed by atoms with Crippen LogP contribution in [0.1, 0.15) is 18.1 Å². The maximum absolute atomic E-state index is 6.13. The van der Waals surface area contributed by atoms with Gasteiger partial charge in [-0.25, -0.2) is 0 Å². The Morgan fingerprint density at radius 2 is 1.67 bits per heavy atom. The fourth-order valence-corrected chi connectivity index (χ4v) is 3.25. The number of hydrogen-bond donors (Lipinski definition) is 1. The van der Waals surface area contributed by atoms with E-state index in [1.54, 1.807) is 0 Å². The Morgan fingerprint density at radius 3 is 2.29 bits per heavy atom. The van der Waals surface area contributed by atoms with E-state index in [2.05, 4.69) is 77.5 Å². The monoisotopic (exact) mass is 279 g/mol. The van der Waals surface area contributed by atoms with Gasteiger partial charge in [-0.2, -0.15) is 0 Å². The predicted octanol–water partition coefficient (Wildman–Crippen LogP) is 2.77. The van der Waals surface area contributed by atoms with Crippen LogP contribution in [-0.4, -0.2) is 23.9 Å². The molecule has 2 aromatic rings. The van der Waals surface area contributed by atoms with Crippen LogP contribution in [0.25, 0.3) is 0 Å². The van der Waals surface area contributed by atoms with Crippen molar-refractivity contribution in [2.75, 3.05) is 13.1 Å². The van der Waals surface area contributed by atoms with E-state index in [0.717, 1.165) is 13.0 Å². The van der Waals surface area contributed by atoms with Gasteiger partial charge >= 0.3 is 0 Å². The van der Waals surface area contributed by atoms with E-state index in [-0.39, 0.29) is 5.54 Å². The molecule has 1 atom stereocenters. The van der Waals surface area contributed by atoms with E-state index in [4.69, 9.17) is 5.73 Å². The first-order valence-electron chi connectivity index (χ1n) is 7.43. The first-order valence-corrected chi connectivity index (χ1v) is 7.43. The second-order valence-corrected chi connectivity index (χ2v) is 5.48. The minimum Gasteiger partial charge on any atom is -0.370 e. The summed E-state index contributed by atoms with van der Waals surface area (Å²) in [4.78, 5) is 6.77. The van der Waals surface area contributed by atoms with Crippen molar-refractivity contribution >= 4 is 5.96 Å². The molecule has 0 fully saturated rings. The summed E-state index contributed by atoms with van der Waals surface area (Å²) in [5, 5.41) is 0. The van der Waals surface area contributed by atoms with Crippen molar-refractivity contribution in [3.63, 3.8) is 0 Å². The highest BCUT2D eigenvalue weighted by molar-refractivity contribution is 5.81. The normalized spacial score (nSPS) is 21.4. The molecular formula is C18H21N3. The van der Waals surface area contributed by atoms with Gasteiger partial charge in [-0.3, -0.25) is 4.99 Å². The fraction of sp³-hybridized carbons (Fsp3) is 0.278. The van der Waals surface area contributed by atoms with Crippen molar-refractivity contribution in [2.24, 2.45) is 10.7 Å². The van der Waals surface area contributed by atoms with Gasteiger partial charge in [0.25, 0.3) is 0 Å². The van der Waals surface area contributed by atoms with Gasteiger partial charge < -0.3 is 10.6 Å². The van der Waals surface area contributed by atoms with Gasteiger partial charge in [-0.15, -0.1) is 0 Å². The molecule has 0 radical (unpaired) electrons. The third kappa shape index (κ3) is 2.40. The van der Waals surface area contributed by atoms with Gasteiger partial charge in [0.05, 0.1) is 12.1 Å². The first-order chi connectivity index (χ1) is 10.3. The number of likely N-dealkylation sites (N-methyl/N-ethyl adjacent to an activating group) is 1. The minimum absolute atomic E-state index is 0.165. The molecule has 1 unspecified atom stereocenters. The van der Waals surface area contributed by atoms with Gasteiger partial charge in [0.15, 0.2) is 5.96 Å². The maximum atomic E-state index is 6.13. The number of nitrogens with two attached hydrogens (primary N) is 1. The smallest absolute Gasteiger partial charge is 0.192 e.